The van der Waals surface area contributed by atoms with E-state index in [-0.39, 0.29) is 23.6 Å². The quantitative estimate of drug-likeness (QED) is 0.337. The van der Waals surface area contributed by atoms with Crippen LogP contribution in [0.3, 0.4) is 0 Å². The maximum atomic E-state index is 13.8. The van der Waals surface area contributed by atoms with Crippen LogP contribution in [0.4, 0.5) is 0 Å². The first kappa shape index (κ1) is 23.0. The molecule has 1 amide bonds. The number of nitrogens with zero attached hydrogens (tertiary/aromatic N) is 1. The third-order valence-corrected chi connectivity index (χ3v) is 6.65. The summed E-state index contributed by atoms with van der Waals surface area (Å²) in [5.74, 6) is 1.11. The molecule has 35 heavy (non-hydrogen) atoms. The van der Waals surface area contributed by atoms with Crippen molar-refractivity contribution in [2.45, 2.75) is 26.4 Å². The van der Waals surface area contributed by atoms with Gasteiger partial charge in [-0.1, -0.05) is 35.9 Å². The standard InChI is InChI=1S/C28H24ClNO5/c1-4-34-20-7-5-6-18(13-20)25-24-26(31)21-14-22(29)16(2)12-23(21)35-27(24)28(32)30(25)15-17-8-10-19(33-3)11-9-17/h5-14,25H,4,15H2,1-3H3. The van der Waals surface area contributed by atoms with Crippen LogP contribution in [0.1, 0.15) is 45.8 Å². The van der Waals surface area contributed by atoms with Crippen LogP contribution in [0, 0.1) is 6.92 Å². The van der Waals surface area contributed by atoms with Crippen molar-refractivity contribution < 1.29 is 18.7 Å². The first-order valence-corrected chi connectivity index (χ1v) is 11.7. The highest BCUT2D eigenvalue weighted by Gasteiger charge is 2.43. The summed E-state index contributed by atoms with van der Waals surface area (Å²) in [4.78, 5) is 29.1. The summed E-state index contributed by atoms with van der Waals surface area (Å²) in [5, 5.41) is 0.823. The molecule has 178 valence electrons. The van der Waals surface area contributed by atoms with E-state index < -0.39 is 6.04 Å². The van der Waals surface area contributed by atoms with Crippen molar-refractivity contribution in [2.24, 2.45) is 0 Å². The smallest absolute Gasteiger partial charge is 0.291 e. The van der Waals surface area contributed by atoms with Gasteiger partial charge in [-0.2, -0.15) is 0 Å². The average Bonchev–Trinajstić information content (AvgIpc) is 3.13. The van der Waals surface area contributed by atoms with Gasteiger partial charge in [-0.05, 0) is 66.9 Å². The van der Waals surface area contributed by atoms with Gasteiger partial charge in [0.2, 0.25) is 5.76 Å². The fraction of sp³-hybridized carbons (Fsp3) is 0.214. The fourth-order valence-electron chi connectivity index (χ4n) is 4.52. The molecule has 0 spiro atoms. The molecular formula is C28H24ClNO5. The third-order valence-electron chi connectivity index (χ3n) is 6.24. The van der Waals surface area contributed by atoms with Crippen LogP contribution in [-0.4, -0.2) is 24.5 Å². The number of carbonyl (C=O) groups excluding carboxylic acids is 1. The van der Waals surface area contributed by atoms with Crippen LogP contribution in [0.5, 0.6) is 11.5 Å². The minimum Gasteiger partial charge on any atom is -0.497 e. The summed E-state index contributed by atoms with van der Waals surface area (Å²) in [7, 11) is 1.60. The maximum Gasteiger partial charge on any atom is 0.291 e. The number of benzene rings is 3. The summed E-state index contributed by atoms with van der Waals surface area (Å²) in [6.45, 7) is 4.52. The van der Waals surface area contributed by atoms with Gasteiger partial charge in [0.05, 0.1) is 30.7 Å². The van der Waals surface area contributed by atoms with Crippen molar-refractivity contribution in [3.8, 4) is 11.5 Å². The molecule has 7 heteroatoms. The van der Waals surface area contributed by atoms with Crippen LogP contribution in [-0.2, 0) is 6.54 Å². The predicted octanol–water partition coefficient (Wildman–Crippen LogP) is 5.91. The van der Waals surface area contributed by atoms with Gasteiger partial charge >= 0.3 is 0 Å². The van der Waals surface area contributed by atoms with Crippen molar-refractivity contribution in [3.63, 3.8) is 0 Å². The molecule has 4 aromatic rings. The Morgan fingerprint density at radius 1 is 1.03 bits per heavy atom. The summed E-state index contributed by atoms with van der Waals surface area (Å²) in [5.41, 5.74) is 2.82. The fourth-order valence-corrected chi connectivity index (χ4v) is 4.68. The maximum absolute atomic E-state index is 13.8. The number of methoxy groups -OCH3 is 1. The number of rotatable bonds is 6. The summed E-state index contributed by atoms with van der Waals surface area (Å²) in [6.07, 6.45) is 0. The highest BCUT2D eigenvalue weighted by Crippen LogP contribution is 2.40. The van der Waals surface area contributed by atoms with Gasteiger partial charge in [0, 0.05) is 11.6 Å². The number of ether oxygens (including phenoxy) is 2. The molecule has 0 saturated carbocycles. The molecule has 0 N–H and O–H groups in total. The second-order valence-electron chi connectivity index (χ2n) is 8.46. The Kier molecular flexibility index (Phi) is 5.99. The van der Waals surface area contributed by atoms with Crippen LogP contribution in [0.15, 0.2) is 69.9 Å². The molecule has 6 nitrogen and oxygen atoms in total. The summed E-state index contributed by atoms with van der Waals surface area (Å²) < 4.78 is 17.0. The minimum absolute atomic E-state index is 0.0598. The van der Waals surface area contributed by atoms with Crippen molar-refractivity contribution in [3.05, 3.63) is 104 Å². The number of fused-ring (bicyclic) bond motifs is 2. The number of carbonyl (C=O) groups is 1. The van der Waals surface area contributed by atoms with Crippen LogP contribution < -0.4 is 14.9 Å². The predicted molar refractivity (Wildman–Crippen MR) is 135 cm³/mol. The Labute approximate surface area is 207 Å². The zero-order chi connectivity index (χ0) is 24.7. The lowest BCUT2D eigenvalue weighted by Gasteiger charge is -2.25. The molecule has 0 bridgehead atoms. The molecule has 5 rings (SSSR count). The third kappa shape index (κ3) is 4.04. The monoisotopic (exact) mass is 489 g/mol. The van der Waals surface area contributed by atoms with E-state index in [1.54, 1.807) is 24.1 Å². The molecular weight excluding hydrogens is 466 g/mol. The summed E-state index contributed by atoms with van der Waals surface area (Å²) >= 11 is 6.32. The minimum atomic E-state index is -0.638. The average molecular weight is 490 g/mol. The number of hydrogen-bond donors (Lipinski definition) is 0. The number of aryl methyl sites for hydroxylation is 1. The molecule has 1 aliphatic rings. The molecule has 1 unspecified atom stereocenters. The second-order valence-corrected chi connectivity index (χ2v) is 8.87. The van der Waals surface area contributed by atoms with Crippen LogP contribution >= 0.6 is 11.6 Å². The van der Waals surface area contributed by atoms with E-state index in [1.807, 2.05) is 62.4 Å². The van der Waals surface area contributed by atoms with Gasteiger partial charge < -0.3 is 18.8 Å². The van der Waals surface area contributed by atoms with E-state index in [4.69, 9.17) is 25.5 Å². The normalized spacial score (nSPS) is 14.9. The van der Waals surface area contributed by atoms with Gasteiger partial charge in [0.25, 0.3) is 5.91 Å². The van der Waals surface area contributed by atoms with Gasteiger partial charge in [-0.3, -0.25) is 9.59 Å². The van der Waals surface area contributed by atoms with Gasteiger partial charge in [0.1, 0.15) is 17.1 Å². The zero-order valence-corrected chi connectivity index (χ0v) is 20.4. The Hall–Kier alpha value is -3.77. The van der Waals surface area contributed by atoms with E-state index in [0.29, 0.717) is 33.9 Å². The van der Waals surface area contributed by atoms with E-state index in [9.17, 15) is 9.59 Å². The first-order valence-electron chi connectivity index (χ1n) is 11.3. The van der Waals surface area contributed by atoms with E-state index in [2.05, 4.69) is 0 Å². The second kappa shape index (κ2) is 9.12. The van der Waals surface area contributed by atoms with Gasteiger partial charge in [-0.15, -0.1) is 0 Å². The number of hydrogen-bond acceptors (Lipinski definition) is 5. The summed E-state index contributed by atoms with van der Waals surface area (Å²) in [6, 6.07) is 17.6. The lowest BCUT2D eigenvalue weighted by atomic mass is 9.97. The SMILES string of the molecule is CCOc1cccc(C2c3c(oc4cc(C)c(Cl)cc4c3=O)C(=O)N2Cc2ccc(OC)cc2)c1. The van der Waals surface area contributed by atoms with Crippen molar-refractivity contribution in [1.29, 1.82) is 0 Å². The first-order chi connectivity index (χ1) is 16.9. The van der Waals surface area contributed by atoms with E-state index in [1.165, 1.54) is 0 Å². The van der Waals surface area contributed by atoms with Crippen molar-refractivity contribution >= 4 is 28.5 Å². The molecule has 0 aliphatic carbocycles. The van der Waals surface area contributed by atoms with Crippen molar-refractivity contribution in [2.75, 3.05) is 13.7 Å². The highest BCUT2D eigenvalue weighted by atomic mass is 35.5. The molecule has 1 aromatic heterocycles. The number of halogens is 1. The van der Waals surface area contributed by atoms with E-state index >= 15 is 0 Å². The molecule has 1 aliphatic heterocycles. The van der Waals surface area contributed by atoms with Crippen molar-refractivity contribution in [1.82, 2.24) is 4.90 Å². The van der Waals surface area contributed by atoms with Gasteiger partial charge in [-0.25, -0.2) is 0 Å². The largest absolute Gasteiger partial charge is 0.497 e. The van der Waals surface area contributed by atoms with Crippen LogP contribution in [0.2, 0.25) is 5.02 Å². The Balaban J connectivity index is 1.70. The Morgan fingerprint density at radius 2 is 1.80 bits per heavy atom. The van der Waals surface area contributed by atoms with Crippen LogP contribution in [0.25, 0.3) is 11.0 Å². The Bertz CT molecular complexity index is 1490. The topological polar surface area (TPSA) is 69.0 Å². The molecule has 2 heterocycles. The molecule has 1 atom stereocenters. The molecule has 0 saturated heterocycles. The molecule has 0 radical (unpaired) electrons. The Morgan fingerprint density at radius 3 is 2.51 bits per heavy atom. The molecule has 0 fully saturated rings. The lowest BCUT2D eigenvalue weighted by molar-refractivity contribution is 0.0714. The number of amides is 1. The lowest BCUT2D eigenvalue weighted by Crippen LogP contribution is -2.29. The zero-order valence-electron chi connectivity index (χ0n) is 19.6. The van der Waals surface area contributed by atoms with Gasteiger partial charge in [0.15, 0.2) is 5.43 Å². The highest BCUT2D eigenvalue weighted by molar-refractivity contribution is 6.32. The molecule has 3 aromatic carbocycles. The van der Waals surface area contributed by atoms with E-state index in [0.717, 1.165) is 22.4 Å².